The Morgan fingerprint density at radius 2 is 2.00 bits per heavy atom. The van der Waals surface area contributed by atoms with Crippen molar-refractivity contribution in [1.82, 2.24) is 0 Å². The average Bonchev–Trinajstić information content (AvgIpc) is 2.87. The highest BCUT2D eigenvalue weighted by Crippen LogP contribution is 2.58. The molecule has 3 atom stereocenters. The molecule has 3 nitrogen and oxygen atoms in total. The van der Waals surface area contributed by atoms with Gasteiger partial charge in [-0.3, -0.25) is 9.59 Å². The number of ether oxygens (including phenoxy) is 1. The Morgan fingerprint density at radius 3 is 2.39 bits per heavy atom. The Labute approximate surface area is 103 Å². The number of esters is 1. The van der Waals surface area contributed by atoms with Crippen LogP contribution >= 0.6 is 0 Å². The molecule has 18 heavy (non-hydrogen) atoms. The van der Waals surface area contributed by atoms with Crippen LogP contribution in [0.1, 0.15) is 32.6 Å². The summed E-state index contributed by atoms with van der Waals surface area (Å²) in [6, 6.07) is 0. The third-order valence-electron chi connectivity index (χ3n) is 4.15. The number of alkyl halides is 3. The topological polar surface area (TPSA) is 43.4 Å². The van der Waals surface area contributed by atoms with Crippen LogP contribution < -0.4 is 0 Å². The highest BCUT2D eigenvalue weighted by molar-refractivity contribution is 6.07. The van der Waals surface area contributed by atoms with Crippen LogP contribution in [0.5, 0.6) is 0 Å². The van der Waals surface area contributed by atoms with Crippen molar-refractivity contribution in [2.24, 2.45) is 17.3 Å². The largest absolute Gasteiger partial charge is 0.465 e. The molecule has 0 aliphatic heterocycles. The normalized spacial score (nSPS) is 34.7. The Balaban J connectivity index is 2.36. The Hall–Kier alpha value is -1.07. The summed E-state index contributed by atoms with van der Waals surface area (Å²) in [7, 11) is 0. The quantitative estimate of drug-likeness (QED) is 0.581. The van der Waals surface area contributed by atoms with Crippen molar-refractivity contribution in [2.75, 3.05) is 6.61 Å². The molecule has 2 bridgehead atoms. The summed E-state index contributed by atoms with van der Waals surface area (Å²) in [6.45, 7) is 1.51. The van der Waals surface area contributed by atoms with E-state index in [2.05, 4.69) is 0 Å². The Bertz CT molecular complexity index is 377. The SMILES string of the molecule is CCOC(=O)[C@@]1(C(=O)C(F)(F)F)C[C@@H]2CC[C@H]1C2. The summed E-state index contributed by atoms with van der Waals surface area (Å²) in [6.07, 6.45) is -3.14. The van der Waals surface area contributed by atoms with Gasteiger partial charge in [0, 0.05) is 0 Å². The molecule has 2 saturated carbocycles. The maximum atomic E-state index is 12.7. The highest BCUT2D eigenvalue weighted by Gasteiger charge is 2.66. The van der Waals surface area contributed by atoms with Crippen LogP contribution in [0.2, 0.25) is 0 Å². The predicted molar refractivity (Wildman–Crippen MR) is 55.6 cm³/mol. The van der Waals surface area contributed by atoms with Gasteiger partial charge in [0.15, 0.2) is 0 Å². The molecule has 0 saturated heterocycles. The summed E-state index contributed by atoms with van der Waals surface area (Å²) < 4.78 is 42.9. The summed E-state index contributed by atoms with van der Waals surface area (Å²) >= 11 is 0. The number of carbonyl (C=O) groups is 2. The van der Waals surface area contributed by atoms with E-state index in [1.54, 1.807) is 0 Å². The first kappa shape index (κ1) is 13.4. The maximum Gasteiger partial charge on any atom is 0.451 e. The van der Waals surface area contributed by atoms with Crippen LogP contribution in [0.15, 0.2) is 0 Å². The predicted octanol–water partition coefficient (Wildman–Crippen LogP) is 2.49. The highest BCUT2D eigenvalue weighted by atomic mass is 19.4. The fourth-order valence-corrected chi connectivity index (χ4v) is 3.46. The second-order valence-electron chi connectivity index (χ2n) is 5.10. The van der Waals surface area contributed by atoms with Gasteiger partial charge in [-0.2, -0.15) is 13.2 Å². The van der Waals surface area contributed by atoms with Gasteiger partial charge in [0.1, 0.15) is 5.41 Å². The minimum Gasteiger partial charge on any atom is -0.465 e. The number of Topliss-reactive ketones (excluding diaryl/α,β-unsaturated/α-hetero) is 1. The Kier molecular flexibility index (Phi) is 3.15. The molecule has 0 aromatic rings. The molecule has 0 N–H and O–H groups in total. The molecule has 0 aromatic carbocycles. The number of hydrogen-bond donors (Lipinski definition) is 0. The van der Waals surface area contributed by atoms with Gasteiger partial charge in [0.25, 0.3) is 5.78 Å². The van der Waals surface area contributed by atoms with Crippen molar-refractivity contribution >= 4 is 11.8 Å². The third kappa shape index (κ3) is 1.82. The number of halogens is 3. The average molecular weight is 264 g/mol. The molecule has 2 aliphatic carbocycles. The first-order valence-electron chi connectivity index (χ1n) is 6.11. The van der Waals surface area contributed by atoms with Gasteiger partial charge in [0.05, 0.1) is 6.61 Å². The fraction of sp³-hybridized carbons (Fsp3) is 0.833. The summed E-state index contributed by atoms with van der Waals surface area (Å²) in [4.78, 5) is 23.6. The first-order chi connectivity index (χ1) is 8.32. The van der Waals surface area contributed by atoms with Crippen LogP contribution in [-0.2, 0) is 14.3 Å². The van der Waals surface area contributed by atoms with E-state index in [0.717, 1.165) is 6.42 Å². The van der Waals surface area contributed by atoms with Crippen molar-refractivity contribution in [1.29, 1.82) is 0 Å². The monoisotopic (exact) mass is 264 g/mol. The molecule has 0 heterocycles. The van der Waals surface area contributed by atoms with Crippen LogP contribution in [0.25, 0.3) is 0 Å². The molecule has 6 heteroatoms. The van der Waals surface area contributed by atoms with Crippen LogP contribution in [-0.4, -0.2) is 24.5 Å². The minimum absolute atomic E-state index is 0.00512. The van der Waals surface area contributed by atoms with Gasteiger partial charge < -0.3 is 4.74 Å². The van der Waals surface area contributed by atoms with Gasteiger partial charge >= 0.3 is 12.1 Å². The molecule has 2 rings (SSSR count). The minimum atomic E-state index is -4.97. The number of hydrogen-bond acceptors (Lipinski definition) is 3. The fourth-order valence-electron chi connectivity index (χ4n) is 3.46. The molecule has 0 spiro atoms. The molecule has 0 aromatic heterocycles. The van der Waals surface area contributed by atoms with E-state index in [9.17, 15) is 22.8 Å². The summed E-state index contributed by atoms with van der Waals surface area (Å²) in [5.41, 5.74) is -1.96. The van der Waals surface area contributed by atoms with E-state index >= 15 is 0 Å². The standard InChI is InChI=1S/C12H15F3O3/c1-2-18-10(17)11(9(16)12(13,14)15)6-7-3-4-8(11)5-7/h7-8H,2-6H2,1H3/t7-,8+,11+/m1/s1. The van der Waals surface area contributed by atoms with Gasteiger partial charge in [-0.05, 0) is 38.0 Å². The molecule has 2 fully saturated rings. The summed E-state index contributed by atoms with van der Waals surface area (Å²) in [5.74, 6) is -3.36. The molecule has 0 unspecified atom stereocenters. The zero-order valence-electron chi connectivity index (χ0n) is 10.0. The zero-order chi connectivity index (χ0) is 13.6. The van der Waals surface area contributed by atoms with Crippen LogP contribution in [0.4, 0.5) is 13.2 Å². The lowest BCUT2D eigenvalue weighted by molar-refractivity contribution is -0.193. The van der Waals surface area contributed by atoms with E-state index in [-0.39, 0.29) is 18.9 Å². The molecule has 0 amide bonds. The number of fused-ring (bicyclic) bond motifs is 2. The van der Waals surface area contributed by atoms with Crippen molar-refractivity contribution in [2.45, 2.75) is 38.8 Å². The third-order valence-corrected chi connectivity index (χ3v) is 4.15. The molecular weight excluding hydrogens is 249 g/mol. The van der Waals surface area contributed by atoms with Crippen LogP contribution in [0.3, 0.4) is 0 Å². The van der Waals surface area contributed by atoms with Crippen LogP contribution in [0, 0.1) is 17.3 Å². The first-order valence-corrected chi connectivity index (χ1v) is 6.11. The lowest BCUT2D eigenvalue weighted by Crippen LogP contribution is -2.50. The van der Waals surface area contributed by atoms with Crippen molar-refractivity contribution in [3.63, 3.8) is 0 Å². The second kappa shape index (κ2) is 4.24. The van der Waals surface area contributed by atoms with E-state index < -0.39 is 29.3 Å². The van der Waals surface area contributed by atoms with Crippen molar-refractivity contribution in [3.8, 4) is 0 Å². The second-order valence-corrected chi connectivity index (χ2v) is 5.10. The maximum absolute atomic E-state index is 12.7. The molecule has 102 valence electrons. The van der Waals surface area contributed by atoms with Gasteiger partial charge in [-0.15, -0.1) is 0 Å². The molecular formula is C12H15F3O3. The van der Waals surface area contributed by atoms with E-state index in [4.69, 9.17) is 4.74 Å². The van der Waals surface area contributed by atoms with E-state index in [1.165, 1.54) is 6.92 Å². The number of rotatable bonds is 3. The van der Waals surface area contributed by atoms with E-state index in [0.29, 0.717) is 12.8 Å². The lowest BCUT2D eigenvalue weighted by Gasteiger charge is -2.34. The molecule has 2 aliphatic rings. The summed E-state index contributed by atoms with van der Waals surface area (Å²) in [5, 5.41) is 0. The smallest absolute Gasteiger partial charge is 0.451 e. The number of ketones is 1. The van der Waals surface area contributed by atoms with Crippen molar-refractivity contribution in [3.05, 3.63) is 0 Å². The van der Waals surface area contributed by atoms with Crippen molar-refractivity contribution < 1.29 is 27.5 Å². The zero-order valence-corrected chi connectivity index (χ0v) is 10.0. The van der Waals surface area contributed by atoms with Gasteiger partial charge in [-0.1, -0.05) is 6.42 Å². The van der Waals surface area contributed by atoms with Gasteiger partial charge in [0.2, 0.25) is 0 Å². The Morgan fingerprint density at radius 1 is 1.33 bits per heavy atom. The lowest BCUT2D eigenvalue weighted by atomic mass is 9.69. The van der Waals surface area contributed by atoms with E-state index in [1.807, 2.05) is 0 Å². The van der Waals surface area contributed by atoms with Gasteiger partial charge in [-0.25, -0.2) is 0 Å². The molecule has 0 radical (unpaired) electrons. The number of carbonyl (C=O) groups excluding carboxylic acids is 2.